The lowest BCUT2D eigenvalue weighted by Crippen LogP contribution is -2.59. The standard InChI is InChI=1S/C78H99FN10O19/c1-39(2)62(84-56(92)22-15-14-16-32-88-57(93)27-28-58(88)94)76(102)83-51(21-18-31-81-77(80)103)75(101)82-48-25-23-47(24-26-48)38-89(11,12)52-29-33-87(37-50(52)79)49-35-53(91)63-55(36-49)107-72-64(85-63)59-60-68(97)45(8)71-61(59)73(99)78(10,108-71)105-34-30-54(104-13)42(5)70(106-46(9)90)44(7)67(96)43(6)66(95)40(3)19-17-20-41(4)74(100)86-65(72)69(60)98/h17,19-20,23-28,30,34-36,39-40,42-44,50-52,54,62,66-67,70,95-96H,14-16,18,21-22,29,31-33,37-38H2,1-13H3,(H8-,80,81,82,83,84,85,86,91,92,93,94,97,98,99,100,101,102,103)/p+1/b19-17+,34-30+,41-20-/t40-,42+,43+,44+,50?,51-,52?,54-,62-,66-,67+,70+,78-/m0/s1. The number of nitrogens with two attached hydrogens (primary N) is 1. The van der Waals surface area contributed by atoms with Crippen LogP contribution in [0.5, 0.6) is 11.5 Å². The molecule has 0 spiro atoms. The van der Waals surface area contributed by atoms with E-state index in [-0.39, 0.29) is 123 Å². The highest BCUT2D eigenvalue weighted by atomic mass is 19.1. The molecule has 4 bridgehead atoms. The Labute approximate surface area is 624 Å². The Morgan fingerprint density at radius 3 is 2.22 bits per heavy atom. The van der Waals surface area contributed by atoms with Gasteiger partial charge in [-0.25, -0.2) is 14.2 Å². The zero-order valence-electron chi connectivity index (χ0n) is 63.2. The third-order valence-electron chi connectivity index (χ3n) is 21.1. The number of amides is 8. The third-order valence-corrected chi connectivity index (χ3v) is 21.1. The van der Waals surface area contributed by atoms with Gasteiger partial charge in [0, 0.05) is 135 Å². The summed E-state index contributed by atoms with van der Waals surface area (Å²) in [6.45, 7) is 16.6. The molecule has 30 heteroatoms. The summed E-state index contributed by atoms with van der Waals surface area (Å²) < 4.78 is 48.0. The molecule has 4 aliphatic heterocycles. The number of carbonyl (C=O) groups excluding carboxylic acids is 8. The second-order valence-corrected chi connectivity index (χ2v) is 29.7. The molecule has 0 saturated carbocycles. The zero-order chi connectivity index (χ0) is 79.1. The van der Waals surface area contributed by atoms with Crippen molar-refractivity contribution in [3.05, 3.63) is 121 Å². The lowest BCUT2D eigenvalue weighted by molar-refractivity contribution is -0.931. The van der Waals surface area contributed by atoms with Gasteiger partial charge >= 0.3 is 17.8 Å². The summed E-state index contributed by atoms with van der Waals surface area (Å²) in [4.78, 5) is 141. The third kappa shape index (κ3) is 18.1. The highest BCUT2D eigenvalue weighted by Crippen LogP contribution is 2.43. The number of piperidine rings is 1. The maximum atomic E-state index is 17.0. The maximum Gasteiger partial charge on any atom is 0.312 e. The quantitative estimate of drug-likeness (QED) is 0.00913. The SMILES string of the molecule is CO[C@H]1/C=C/O[C@@]2(C)Oc3c(C)c(O)c4c(=O)c(c5oc6cc(N7CCC([N+](C)(C)Cc8ccc(NC(=O)[C@H](CCCNC(N)=O)NC(=O)[C@@H](NC(=O)CCCCCN9C(=O)C=CC9=O)C(C)C)cc8)C(F)C7)cc(=O)c6nc5c4c3=C2O)NC(=O)/C(C)=C\C=C\[C@H](C)[C@H](O)[C@@H](C)[C@@H](O)[C@@H](C)[C@H](OC(C)=O)[C@@H]1C. The van der Waals surface area contributed by atoms with Crippen molar-refractivity contribution in [3.8, 4) is 11.5 Å². The molecule has 582 valence electrons. The van der Waals surface area contributed by atoms with Gasteiger partial charge in [0.05, 0.1) is 55.8 Å². The number of imide groups is 1. The van der Waals surface area contributed by atoms with Crippen molar-refractivity contribution in [1.82, 2.24) is 25.8 Å². The number of rotatable bonds is 22. The number of unbranched alkanes of at least 4 members (excludes halogenated alkanes) is 2. The molecule has 4 aromatic carbocycles. The molecule has 1 saturated heterocycles. The van der Waals surface area contributed by atoms with Gasteiger partial charge in [0.2, 0.25) is 28.6 Å². The van der Waals surface area contributed by atoms with E-state index in [0.717, 1.165) is 10.5 Å². The molecule has 1 aromatic heterocycles. The fourth-order valence-corrected chi connectivity index (χ4v) is 14.7. The van der Waals surface area contributed by atoms with E-state index in [2.05, 4.69) is 26.6 Å². The van der Waals surface area contributed by atoms with Crippen LogP contribution in [0.3, 0.4) is 0 Å². The van der Waals surface area contributed by atoms with Crippen LogP contribution in [0.1, 0.15) is 118 Å². The molecule has 2 unspecified atom stereocenters. The molecule has 1 fully saturated rings. The van der Waals surface area contributed by atoms with E-state index in [1.54, 1.807) is 76.8 Å². The summed E-state index contributed by atoms with van der Waals surface area (Å²) in [6.07, 6.45) is 6.21. The number of aromatic hydroxyl groups is 1. The van der Waals surface area contributed by atoms with Gasteiger partial charge in [0.15, 0.2) is 28.6 Å². The number of fused-ring (bicyclic) bond motifs is 2. The van der Waals surface area contributed by atoms with Crippen LogP contribution < -0.4 is 58.0 Å². The first-order valence-electron chi connectivity index (χ1n) is 36.4. The summed E-state index contributed by atoms with van der Waals surface area (Å²) in [5, 5.41) is 60.6. The Bertz CT molecular complexity index is 4600. The van der Waals surface area contributed by atoms with E-state index in [4.69, 9.17) is 34.1 Å². The summed E-state index contributed by atoms with van der Waals surface area (Å²) in [7, 11) is 5.21. The summed E-state index contributed by atoms with van der Waals surface area (Å²) in [5.74, 6) is -10.4. The normalized spacial score (nSPS) is 25.3. The number of alkyl halides is 1. The number of primary amides is 1. The number of phenols is 1. The highest BCUT2D eigenvalue weighted by Gasteiger charge is 2.46. The number of aromatic nitrogens is 1. The molecule has 0 radical (unpaired) electrons. The molecule has 11 N–H and O–H groups in total. The molecule has 13 atom stereocenters. The van der Waals surface area contributed by atoms with Gasteiger partial charge in [0.25, 0.3) is 17.7 Å². The topological polar surface area (TPSA) is 407 Å². The number of hydrogen-bond donors (Lipinski definition) is 10. The Kier molecular flexibility index (Phi) is 26.0. The lowest BCUT2D eigenvalue weighted by Gasteiger charge is -2.45. The minimum atomic E-state index is -2.09. The lowest BCUT2D eigenvalue weighted by atomic mass is 9.78. The summed E-state index contributed by atoms with van der Waals surface area (Å²) >= 11 is 0. The van der Waals surface area contributed by atoms with E-state index >= 15 is 9.18 Å². The van der Waals surface area contributed by atoms with Crippen LogP contribution >= 0.6 is 0 Å². The molecule has 5 heterocycles. The van der Waals surface area contributed by atoms with Crippen LogP contribution in [0.4, 0.5) is 26.2 Å². The molecule has 8 amide bonds. The van der Waals surface area contributed by atoms with E-state index in [0.29, 0.717) is 37.9 Å². The number of allylic oxidation sites excluding steroid dienone is 2. The molecule has 29 nitrogen and oxygen atoms in total. The number of esters is 1. The van der Waals surface area contributed by atoms with Gasteiger partial charge in [-0.3, -0.25) is 48.1 Å². The van der Waals surface area contributed by atoms with E-state index in [1.807, 2.05) is 14.1 Å². The first kappa shape index (κ1) is 81.8. The van der Waals surface area contributed by atoms with Crippen LogP contribution in [-0.4, -0.2) is 184 Å². The molecular weight excluding hydrogens is 1400 g/mol. The number of halogens is 1. The number of hydrogen-bond acceptors (Lipinski definition) is 21. The molecule has 5 aromatic rings. The predicted octanol–water partition coefficient (Wildman–Crippen LogP) is 6.25. The fourth-order valence-electron chi connectivity index (χ4n) is 14.7. The molecule has 0 aliphatic carbocycles. The van der Waals surface area contributed by atoms with Crippen molar-refractivity contribution in [3.63, 3.8) is 0 Å². The van der Waals surface area contributed by atoms with Crippen molar-refractivity contribution < 1.29 is 91.0 Å². The number of carbonyl (C=O) groups is 8. The highest BCUT2D eigenvalue weighted by molar-refractivity contribution is 6.17. The number of anilines is 3. The van der Waals surface area contributed by atoms with Gasteiger partial charge in [-0.2, -0.15) is 0 Å². The van der Waals surface area contributed by atoms with E-state index < -0.39 is 147 Å². The number of ether oxygens (including phenoxy) is 4. The molecule has 4 aliphatic rings. The molecular formula is C78H100FN10O19+. The minimum absolute atomic E-state index is 0.0212. The van der Waals surface area contributed by atoms with E-state index in [9.17, 15) is 63.6 Å². The van der Waals surface area contributed by atoms with Crippen LogP contribution in [0.15, 0.2) is 98.7 Å². The predicted molar refractivity (Wildman–Crippen MR) is 401 cm³/mol. The zero-order valence-corrected chi connectivity index (χ0v) is 63.2. The molecule has 108 heavy (non-hydrogen) atoms. The number of methoxy groups -OCH3 is 1. The first-order chi connectivity index (χ1) is 51.0. The summed E-state index contributed by atoms with van der Waals surface area (Å²) in [5.41, 5.74) is 3.51. The van der Waals surface area contributed by atoms with Crippen molar-refractivity contribution in [2.75, 3.05) is 62.9 Å². The number of aliphatic hydroxyl groups excluding tert-OH is 3. The first-order valence-corrected chi connectivity index (χ1v) is 36.4. The molecule has 9 rings (SSSR count). The average molecular weight is 1500 g/mol. The largest absolute Gasteiger partial charge is 0.507 e. The van der Waals surface area contributed by atoms with E-state index in [1.165, 1.54) is 83.6 Å². The maximum absolute atomic E-state index is 17.0. The van der Waals surface area contributed by atoms with Gasteiger partial charge in [-0.15, -0.1) is 0 Å². The van der Waals surface area contributed by atoms with Gasteiger partial charge in [0.1, 0.15) is 53.5 Å². The van der Waals surface area contributed by atoms with Crippen molar-refractivity contribution in [2.45, 2.75) is 175 Å². The van der Waals surface area contributed by atoms with Crippen LogP contribution in [0, 0.1) is 36.5 Å². The number of nitrogens with zero attached hydrogens (tertiary/aromatic N) is 4. The second-order valence-electron chi connectivity index (χ2n) is 29.7. The van der Waals surface area contributed by atoms with Crippen LogP contribution in [-0.2, 0) is 54.3 Å². The monoisotopic (exact) mass is 1500 g/mol. The number of urea groups is 1. The number of aliphatic hydroxyl groups is 3. The van der Waals surface area contributed by atoms with Crippen molar-refractivity contribution in [1.29, 1.82) is 0 Å². The fraction of sp³-hybridized carbons (Fsp3) is 0.500. The van der Waals surface area contributed by atoms with Crippen LogP contribution in [0.2, 0.25) is 0 Å². The van der Waals surface area contributed by atoms with Crippen LogP contribution in [0.25, 0.3) is 38.7 Å². The summed E-state index contributed by atoms with van der Waals surface area (Å²) in [6, 6.07) is 6.25. The van der Waals surface area contributed by atoms with Crippen molar-refractivity contribution in [2.24, 2.45) is 35.3 Å². The number of quaternary nitrogens is 1. The number of phenolic OH excluding ortho intramolecular Hbond substituents is 1. The minimum Gasteiger partial charge on any atom is -0.507 e. The van der Waals surface area contributed by atoms with Gasteiger partial charge in [-0.1, -0.05) is 78.3 Å². The average Bonchev–Trinajstić information content (AvgIpc) is 1.41. The second kappa shape index (κ2) is 34.3. The number of nitrogens with one attached hydrogen (secondary N) is 5. The Balaban J connectivity index is 0.953. The van der Waals surface area contributed by atoms with Gasteiger partial charge < -0.3 is 85.5 Å². The smallest absolute Gasteiger partial charge is 0.312 e. The Morgan fingerprint density at radius 2 is 1.57 bits per heavy atom. The number of benzene rings is 4. The van der Waals surface area contributed by atoms with Crippen molar-refractivity contribution >= 4 is 103 Å². The van der Waals surface area contributed by atoms with Gasteiger partial charge in [-0.05, 0) is 63.7 Å². The Morgan fingerprint density at radius 1 is 0.880 bits per heavy atom. The Hall–Kier alpha value is -10.3.